The summed E-state index contributed by atoms with van der Waals surface area (Å²) in [5.41, 5.74) is 1.60. The summed E-state index contributed by atoms with van der Waals surface area (Å²) in [5.74, 6) is 0.806. The lowest BCUT2D eigenvalue weighted by atomic mass is 10.2. The maximum atomic E-state index is 12.3. The van der Waals surface area contributed by atoms with E-state index in [-0.39, 0.29) is 16.6 Å². The first-order chi connectivity index (χ1) is 13.8. The molecular formula is C21H26N2O5S. The van der Waals surface area contributed by atoms with Gasteiger partial charge in [-0.15, -0.1) is 0 Å². The topological polar surface area (TPSA) is 84.9 Å². The molecule has 0 saturated heterocycles. The minimum Gasteiger partial charge on any atom is -0.495 e. The summed E-state index contributed by atoms with van der Waals surface area (Å²) >= 11 is 0. The molecule has 2 aromatic rings. The predicted octanol–water partition coefficient (Wildman–Crippen LogP) is 2.46. The molecule has 0 aliphatic carbocycles. The first kappa shape index (κ1) is 22.4. The SMILES string of the molecule is CNS(=O)(=O)c1cc(/C=C/C(=O)N(C)CCOc2ccccc2C)ccc1OC. The molecule has 8 heteroatoms. The fourth-order valence-electron chi connectivity index (χ4n) is 2.53. The number of hydrogen-bond acceptors (Lipinski definition) is 5. The Labute approximate surface area is 172 Å². The van der Waals surface area contributed by atoms with Crippen LogP contribution in [0.4, 0.5) is 0 Å². The second-order valence-corrected chi connectivity index (χ2v) is 8.18. The Bertz CT molecular complexity index is 986. The lowest BCUT2D eigenvalue weighted by Gasteiger charge is -2.16. The molecule has 0 bridgehead atoms. The summed E-state index contributed by atoms with van der Waals surface area (Å²) in [6.45, 7) is 2.75. The molecule has 0 atom stereocenters. The highest BCUT2D eigenvalue weighted by atomic mass is 32.2. The molecule has 29 heavy (non-hydrogen) atoms. The predicted molar refractivity (Wildman–Crippen MR) is 113 cm³/mol. The summed E-state index contributed by atoms with van der Waals surface area (Å²) in [5, 5.41) is 0. The van der Waals surface area contributed by atoms with Gasteiger partial charge >= 0.3 is 0 Å². The van der Waals surface area contributed by atoms with E-state index in [1.807, 2.05) is 31.2 Å². The number of aryl methyl sites for hydroxylation is 1. The molecule has 0 aliphatic heterocycles. The summed E-state index contributed by atoms with van der Waals surface area (Å²) in [6.07, 6.45) is 2.96. The quantitative estimate of drug-likeness (QED) is 0.633. The molecule has 0 spiro atoms. The van der Waals surface area contributed by atoms with Crippen LogP contribution in [0.2, 0.25) is 0 Å². The van der Waals surface area contributed by atoms with Crippen LogP contribution in [-0.2, 0) is 14.8 Å². The van der Waals surface area contributed by atoms with Crippen molar-refractivity contribution in [1.29, 1.82) is 0 Å². The number of amides is 1. The maximum absolute atomic E-state index is 12.3. The van der Waals surface area contributed by atoms with E-state index in [0.717, 1.165) is 11.3 Å². The Kier molecular flexibility index (Phi) is 7.81. The van der Waals surface area contributed by atoms with Gasteiger partial charge in [-0.05, 0) is 49.4 Å². The smallest absolute Gasteiger partial charge is 0.246 e. The Hall–Kier alpha value is -2.84. The van der Waals surface area contributed by atoms with Crippen LogP contribution in [0.25, 0.3) is 6.08 Å². The number of carbonyl (C=O) groups is 1. The third-order valence-corrected chi connectivity index (χ3v) is 5.75. The fraction of sp³-hybridized carbons (Fsp3) is 0.286. The van der Waals surface area contributed by atoms with E-state index in [4.69, 9.17) is 9.47 Å². The van der Waals surface area contributed by atoms with Crippen molar-refractivity contribution in [3.8, 4) is 11.5 Å². The number of ether oxygens (including phenoxy) is 2. The molecule has 156 valence electrons. The van der Waals surface area contributed by atoms with Gasteiger partial charge < -0.3 is 14.4 Å². The largest absolute Gasteiger partial charge is 0.495 e. The van der Waals surface area contributed by atoms with Gasteiger partial charge in [-0.2, -0.15) is 0 Å². The summed E-state index contributed by atoms with van der Waals surface area (Å²) in [4.78, 5) is 13.9. The van der Waals surface area contributed by atoms with Gasteiger partial charge in [-0.25, -0.2) is 13.1 Å². The average Bonchev–Trinajstić information content (AvgIpc) is 2.73. The van der Waals surface area contributed by atoms with Gasteiger partial charge in [0.1, 0.15) is 23.0 Å². The Morgan fingerprint density at radius 3 is 2.55 bits per heavy atom. The number of carbonyl (C=O) groups excluding carboxylic acids is 1. The number of likely N-dealkylation sites (N-methyl/N-ethyl adjacent to an activating group) is 1. The van der Waals surface area contributed by atoms with Gasteiger partial charge in [-0.1, -0.05) is 24.3 Å². The molecule has 0 heterocycles. The fourth-order valence-corrected chi connectivity index (χ4v) is 3.46. The van der Waals surface area contributed by atoms with Crippen molar-refractivity contribution in [1.82, 2.24) is 9.62 Å². The first-order valence-corrected chi connectivity index (χ1v) is 10.5. The molecule has 0 aliphatic rings. The van der Waals surface area contributed by atoms with Crippen molar-refractivity contribution >= 4 is 22.0 Å². The number of methoxy groups -OCH3 is 1. The van der Waals surface area contributed by atoms with Crippen LogP contribution >= 0.6 is 0 Å². The number of para-hydroxylation sites is 1. The van der Waals surface area contributed by atoms with E-state index < -0.39 is 10.0 Å². The van der Waals surface area contributed by atoms with Crippen LogP contribution < -0.4 is 14.2 Å². The third-order valence-electron chi connectivity index (χ3n) is 4.32. The lowest BCUT2D eigenvalue weighted by molar-refractivity contribution is -0.125. The molecule has 7 nitrogen and oxygen atoms in total. The molecule has 0 fully saturated rings. The average molecular weight is 419 g/mol. The van der Waals surface area contributed by atoms with Gasteiger partial charge in [0.15, 0.2) is 0 Å². The van der Waals surface area contributed by atoms with Crippen molar-refractivity contribution in [3.05, 3.63) is 59.7 Å². The maximum Gasteiger partial charge on any atom is 0.246 e. The van der Waals surface area contributed by atoms with Crippen molar-refractivity contribution in [2.24, 2.45) is 0 Å². The normalized spacial score (nSPS) is 11.4. The van der Waals surface area contributed by atoms with Crippen LogP contribution in [0, 0.1) is 6.92 Å². The van der Waals surface area contributed by atoms with E-state index in [9.17, 15) is 13.2 Å². The van der Waals surface area contributed by atoms with E-state index in [1.54, 1.807) is 25.3 Å². The number of nitrogens with zero attached hydrogens (tertiary/aromatic N) is 1. The number of hydrogen-bond donors (Lipinski definition) is 1. The molecule has 0 saturated carbocycles. The zero-order valence-electron chi connectivity index (χ0n) is 17.0. The minimum atomic E-state index is -3.68. The third kappa shape index (κ3) is 6.07. The van der Waals surface area contributed by atoms with Crippen molar-refractivity contribution in [2.45, 2.75) is 11.8 Å². The Balaban J connectivity index is 2.00. The second kappa shape index (κ2) is 10.1. The lowest BCUT2D eigenvalue weighted by Crippen LogP contribution is -2.29. The second-order valence-electron chi connectivity index (χ2n) is 6.32. The molecule has 2 aromatic carbocycles. The zero-order chi connectivity index (χ0) is 21.4. The highest BCUT2D eigenvalue weighted by molar-refractivity contribution is 7.89. The molecule has 1 N–H and O–H groups in total. The van der Waals surface area contributed by atoms with Crippen molar-refractivity contribution in [3.63, 3.8) is 0 Å². The zero-order valence-corrected chi connectivity index (χ0v) is 17.8. The summed E-state index contributed by atoms with van der Waals surface area (Å²) in [6, 6.07) is 12.4. The monoisotopic (exact) mass is 418 g/mol. The molecule has 2 rings (SSSR count). The van der Waals surface area contributed by atoms with Gasteiger partial charge in [0.2, 0.25) is 15.9 Å². The summed E-state index contributed by atoms with van der Waals surface area (Å²) < 4.78 is 37.3. The van der Waals surface area contributed by atoms with E-state index in [1.165, 1.54) is 31.2 Å². The number of benzene rings is 2. The van der Waals surface area contributed by atoms with E-state index in [0.29, 0.717) is 18.7 Å². The van der Waals surface area contributed by atoms with Crippen LogP contribution in [0.5, 0.6) is 11.5 Å². The van der Waals surface area contributed by atoms with Gasteiger partial charge in [-0.3, -0.25) is 4.79 Å². The molecule has 0 radical (unpaired) electrons. The van der Waals surface area contributed by atoms with Crippen LogP contribution in [0.15, 0.2) is 53.4 Å². The van der Waals surface area contributed by atoms with Crippen LogP contribution in [0.3, 0.4) is 0 Å². The standard InChI is InChI=1S/C21H26N2O5S/c1-16-7-5-6-8-18(16)28-14-13-23(3)21(24)12-10-17-9-11-19(27-4)20(15-17)29(25,26)22-2/h5-12,15,22H,13-14H2,1-4H3/b12-10+. The van der Waals surface area contributed by atoms with Gasteiger partial charge in [0.05, 0.1) is 13.7 Å². The van der Waals surface area contributed by atoms with E-state index in [2.05, 4.69) is 4.72 Å². The molecule has 0 aromatic heterocycles. The summed E-state index contributed by atoms with van der Waals surface area (Å²) in [7, 11) is 0.726. The van der Waals surface area contributed by atoms with E-state index >= 15 is 0 Å². The molecular weight excluding hydrogens is 392 g/mol. The number of sulfonamides is 1. The molecule has 0 unspecified atom stereocenters. The van der Waals surface area contributed by atoms with Gasteiger partial charge in [0, 0.05) is 13.1 Å². The highest BCUT2D eigenvalue weighted by Gasteiger charge is 2.17. The minimum absolute atomic E-state index is 0.0112. The van der Waals surface area contributed by atoms with Crippen LogP contribution in [-0.4, -0.2) is 53.6 Å². The highest BCUT2D eigenvalue weighted by Crippen LogP contribution is 2.25. The van der Waals surface area contributed by atoms with Crippen molar-refractivity contribution < 1.29 is 22.7 Å². The number of rotatable bonds is 9. The Morgan fingerprint density at radius 2 is 1.90 bits per heavy atom. The van der Waals surface area contributed by atoms with Crippen LogP contribution in [0.1, 0.15) is 11.1 Å². The Morgan fingerprint density at radius 1 is 1.17 bits per heavy atom. The first-order valence-electron chi connectivity index (χ1n) is 9.01. The van der Waals surface area contributed by atoms with Gasteiger partial charge in [0.25, 0.3) is 0 Å². The number of nitrogens with one attached hydrogen (secondary N) is 1. The van der Waals surface area contributed by atoms with Crippen molar-refractivity contribution in [2.75, 3.05) is 34.4 Å². The molecule has 1 amide bonds.